The van der Waals surface area contributed by atoms with Crippen molar-refractivity contribution in [1.29, 1.82) is 0 Å². The molecule has 1 aromatic carbocycles. The summed E-state index contributed by atoms with van der Waals surface area (Å²) in [6.45, 7) is 0. The lowest BCUT2D eigenvalue weighted by Gasteiger charge is -2.13. The summed E-state index contributed by atoms with van der Waals surface area (Å²) in [5, 5.41) is 0. The van der Waals surface area contributed by atoms with E-state index in [1.165, 1.54) is 27.4 Å². The number of ether oxygens (including phenoxy) is 3. The number of esters is 1. The fraction of sp³-hybridized carbons (Fsp3) is 0.300. The second-order valence-electron chi connectivity index (χ2n) is 2.77. The number of carbonyl (C=O) groups is 1. The van der Waals surface area contributed by atoms with Crippen LogP contribution in [0.5, 0.6) is 11.5 Å². The Morgan fingerprint density at radius 1 is 1.31 bits per heavy atom. The van der Waals surface area contributed by atoms with E-state index in [0.29, 0.717) is 0 Å². The maximum atomic E-state index is 13.6. The van der Waals surface area contributed by atoms with Gasteiger partial charge in [-0.05, 0) is 22.0 Å². The Labute approximate surface area is 100 Å². The third-order valence-corrected chi connectivity index (χ3v) is 2.53. The van der Waals surface area contributed by atoms with Crippen molar-refractivity contribution >= 4 is 21.9 Å². The van der Waals surface area contributed by atoms with E-state index in [0.717, 1.165) is 0 Å². The van der Waals surface area contributed by atoms with Crippen molar-refractivity contribution in [3.8, 4) is 11.5 Å². The number of halogens is 2. The highest BCUT2D eigenvalue weighted by atomic mass is 79.9. The van der Waals surface area contributed by atoms with Gasteiger partial charge in [-0.1, -0.05) is 0 Å². The van der Waals surface area contributed by atoms with Crippen molar-refractivity contribution in [2.75, 3.05) is 21.3 Å². The standard InChI is InChI=1S/C10H10BrFO4/c1-14-6-4-5(11)8(12)9(15-2)7(6)10(13)16-3/h4H,1-3H3. The van der Waals surface area contributed by atoms with Gasteiger partial charge in [0.05, 0.1) is 25.8 Å². The molecule has 0 N–H and O–H groups in total. The summed E-state index contributed by atoms with van der Waals surface area (Å²) in [7, 11) is 3.82. The summed E-state index contributed by atoms with van der Waals surface area (Å²) in [4.78, 5) is 11.5. The quantitative estimate of drug-likeness (QED) is 0.803. The lowest BCUT2D eigenvalue weighted by atomic mass is 10.1. The van der Waals surface area contributed by atoms with Crippen LogP contribution in [0.2, 0.25) is 0 Å². The lowest BCUT2D eigenvalue weighted by molar-refractivity contribution is 0.0592. The summed E-state index contributed by atoms with van der Waals surface area (Å²) in [5.41, 5.74) is -0.0757. The summed E-state index contributed by atoms with van der Waals surface area (Å²) in [6, 6.07) is 1.34. The average Bonchev–Trinajstić information content (AvgIpc) is 2.30. The first-order valence-corrected chi connectivity index (χ1v) is 5.04. The molecule has 0 radical (unpaired) electrons. The fourth-order valence-electron chi connectivity index (χ4n) is 1.23. The first-order valence-electron chi connectivity index (χ1n) is 4.25. The molecule has 1 aromatic rings. The Morgan fingerprint density at radius 2 is 1.94 bits per heavy atom. The van der Waals surface area contributed by atoms with Crippen LogP contribution < -0.4 is 9.47 Å². The molecule has 0 saturated carbocycles. The zero-order valence-electron chi connectivity index (χ0n) is 8.97. The molecule has 0 aliphatic carbocycles. The molecule has 0 aromatic heterocycles. The number of methoxy groups -OCH3 is 3. The van der Waals surface area contributed by atoms with E-state index in [-0.39, 0.29) is 21.5 Å². The Kier molecular flexibility index (Phi) is 4.12. The molecule has 0 amide bonds. The highest BCUT2D eigenvalue weighted by Crippen LogP contribution is 2.36. The number of hydrogen-bond acceptors (Lipinski definition) is 4. The third kappa shape index (κ3) is 2.11. The van der Waals surface area contributed by atoms with Crippen LogP contribution in [0.4, 0.5) is 4.39 Å². The highest BCUT2D eigenvalue weighted by Gasteiger charge is 2.24. The molecule has 16 heavy (non-hydrogen) atoms. The maximum absolute atomic E-state index is 13.6. The van der Waals surface area contributed by atoms with Gasteiger partial charge in [0.25, 0.3) is 0 Å². The van der Waals surface area contributed by atoms with Crippen LogP contribution in [0.15, 0.2) is 10.5 Å². The highest BCUT2D eigenvalue weighted by molar-refractivity contribution is 9.10. The van der Waals surface area contributed by atoms with Crippen molar-refractivity contribution < 1.29 is 23.4 Å². The van der Waals surface area contributed by atoms with Crippen molar-refractivity contribution in [1.82, 2.24) is 0 Å². The second-order valence-corrected chi connectivity index (χ2v) is 3.63. The smallest absolute Gasteiger partial charge is 0.345 e. The predicted octanol–water partition coefficient (Wildman–Crippen LogP) is 2.39. The van der Waals surface area contributed by atoms with E-state index in [1.807, 2.05) is 0 Å². The van der Waals surface area contributed by atoms with Crippen LogP contribution in [-0.2, 0) is 4.74 Å². The van der Waals surface area contributed by atoms with Gasteiger partial charge in [0, 0.05) is 0 Å². The summed E-state index contributed by atoms with van der Waals surface area (Å²) in [5.74, 6) is -1.43. The topological polar surface area (TPSA) is 44.8 Å². The maximum Gasteiger partial charge on any atom is 0.345 e. The minimum atomic E-state index is -0.722. The average molecular weight is 293 g/mol. The molecule has 0 aliphatic heterocycles. The van der Waals surface area contributed by atoms with E-state index in [1.54, 1.807) is 0 Å². The molecule has 0 spiro atoms. The molecule has 4 nitrogen and oxygen atoms in total. The molecule has 0 bridgehead atoms. The summed E-state index contributed by atoms with van der Waals surface area (Å²) >= 11 is 3.00. The largest absolute Gasteiger partial charge is 0.496 e. The molecule has 1 rings (SSSR count). The minimum Gasteiger partial charge on any atom is -0.496 e. The first kappa shape index (κ1) is 12.8. The van der Waals surface area contributed by atoms with E-state index >= 15 is 0 Å². The molecule has 6 heteroatoms. The Bertz CT molecular complexity index is 420. The minimum absolute atomic E-state index is 0.0757. The fourth-order valence-corrected chi connectivity index (χ4v) is 1.62. The second kappa shape index (κ2) is 5.16. The molecule has 0 fully saturated rings. The SMILES string of the molecule is COC(=O)c1c(OC)cc(Br)c(F)c1OC. The van der Waals surface area contributed by atoms with Gasteiger partial charge in [-0.2, -0.15) is 0 Å². The van der Waals surface area contributed by atoms with Crippen molar-refractivity contribution in [2.24, 2.45) is 0 Å². The van der Waals surface area contributed by atoms with Crippen LogP contribution in [-0.4, -0.2) is 27.3 Å². The summed E-state index contributed by atoms with van der Waals surface area (Å²) < 4.78 is 28.1. The Balaban J connectivity index is 3.53. The Hall–Kier alpha value is -1.30. The molecule has 0 aliphatic rings. The lowest BCUT2D eigenvalue weighted by Crippen LogP contribution is -2.08. The van der Waals surface area contributed by atoms with Crippen LogP contribution in [0.25, 0.3) is 0 Å². The molecular formula is C10H10BrFO4. The van der Waals surface area contributed by atoms with E-state index in [2.05, 4.69) is 20.7 Å². The number of benzene rings is 1. The molecule has 88 valence electrons. The molecule has 0 heterocycles. The van der Waals surface area contributed by atoms with Gasteiger partial charge in [-0.15, -0.1) is 0 Å². The van der Waals surface area contributed by atoms with E-state index in [9.17, 15) is 9.18 Å². The van der Waals surface area contributed by atoms with E-state index in [4.69, 9.17) is 9.47 Å². The van der Waals surface area contributed by atoms with Gasteiger partial charge in [-0.25, -0.2) is 9.18 Å². The number of hydrogen-bond donors (Lipinski definition) is 0. The molecule has 0 saturated heterocycles. The van der Waals surface area contributed by atoms with Crippen molar-refractivity contribution in [3.63, 3.8) is 0 Å². The van der Waals surface area contributed by atoms with Crippen LogP contribution in [0.1, 0.15) is 10.4 Å². The van der Waals surface area contributed by atoms with Crippen LogP contribution >= 0.6 is 15.9 Å². The predicted molar refractivity (Wildman–Crippen MR) is 58.5 cm³/mol. The van der Waals surface area contributed by atoms with Gasteiger partial charge in [0.15, 0.2) is 11.6 Å². The monoisotopic (exact) mass is 292 g/mol. The van der Waals surface area contributed by atoms with Gasteiger partial charge in [0.2, 0.25) is 0 Å². The van der Waals surface area contributed by atoms with Gasteiger partial charge in [-0.3, -0.25) is 0 Å². The molecule has 0 unspecified atom stereocenters. The first-order chi connectivity index (χ1) is 7.56. The zero-order valence-corrected chi connectivity index (χ0v) is 10.6. The van der Waals surface area contributed by atoms with Gasteiger partial charge in [0.1, 0.15) is 11.3 Å². The zero-order chi connectivity index (χ0) is 12.3. The third-order valence-electron chi connectivity index (χ3n) is 1.95. The van der Waals surface area contributed by atoms with Gasteiger partial charge >= 0.3 is 5.97 Å². The Morgan fingerprint density at radius 3 is 2.38 bits per heavy atom. The van der Waals surface area contributed by atoms with Crippen LogP contribution in [0.3, 0.4) is 0 Å². The van der Waals surface area contributed by atoms with Crippen molar-refractivity contribution in [3.05, 3.63) is 21.9 Å². The van der Waals surface area contributed by atoms with Crippen LogP contribution in [0, 0.1) is 5.82 Å². The molecule has 0 atom stereocenters. The van der Waals surface area contributed by atoms with Crippen molar-refractivity contribution in [2.45, 2.75) is 0 Å². The normalized spacial score (nSPS) is 9.81. The number of rotatable bonds is 3. The number of carbonyl (C=O) groups excluding carboxylic acids is 1. The van der Waals surface area contributed by atoms with E-state index < -0.39 is 11.8 Å². The van der Waals surface area contributed by atoms with Gasteiger partial charge < -0.3 is 14.2 Å². The molecular weight excluding hydrogens is 283 g/mol. The summed E-state index contributed by atoms with van der Waals surface area (Å²) in [6.07, 6.45) is 0.